The number of fused-ring (bicyclic) bond motifs is 3. The Balaban J connectivity index is 1.33. The molecule has 0 radical (unpaired) electrons. The second kappa shape index (κ2) is 7.76. The monoisotopic (exact) mass is 450 g/mol. The Morgan fingerprint density at radius 3 is 2.79 bits per heavy atom. The van der Waals surface area contributed by atoms with E-state index in [4.69, 9.17) is 0 Å². The first-order chi connectivity index (χ1) is 16.0. The largest absolute Gasteiger partial charge is 0.507 e. The highest BCUT2D eigenvalue weighted by Gasteiger charge is 2.46. The van der Waals surface area contributed by atoms with Gasteiger partial charge in [-0.15, -0.1) is 10.2 Å². The van der Waals surface area contributed by atoms with Gasteiger partial charge in [0.15, 0.2) is 5.82 Å². The molecule has 2 N–H and O–H groups in total. The number of hydrogen-bond acceptors (Lipinski definition) is 7. The quantitative estimate of drug-likeness (QED) is 0.631. The zero-order valence-electron chi connectivity index (χ0n) is 18.5. The van der Waals surface area contributed by atoms with E-state index in [2.05, 4.69) is 25.4 Å². The first kappa shape index (κ1) is 20.5. The van der Waals surface area contributed by atoms with E-state index in [-0.39, 0.29) is 23.4 Å². The molecule has 3 aliphatic rings. The maximum absolute atomic E-state index is 15.4. The van der Waals surface area contributed by atoms with Gasteiger partial charge in [-0.05, 0) is 56.4 Å². The van der Waals surface area contributed by atoms with Gasteiger partial charge in [0.1, 0.15) is 11.9 Å². The molecular weight excluding hydrogens is 423 g/mol. The van der Waals surface area contributed by atoms with Crippen LogP contribution >= 0.6 is 0 Å². The second-order valence-electron chi connectivity index (χ2n) is 9.61. The average Bonchev–Trinajstić information content (AvgIpc) is 3.66. The van der Waals surface area contributed by atoms with Crippen LogP contribution in [-0.2, 0) is 7.05 Å². The number of phenolic OH excluding ortho intramolecular Hbond substituents is 1. The standard InChI is InChI=1S/C24H27FN6O2/c1-30-12-26-19-10-15(21(32)11-16(19)24(30)33)17-7-8-22(29-28-17)31(14-5-6-14)20-9-13-3-2-4-18(27-13)23(20)25/h7-8,10-14,18,20,23,27,32H,2-6,9H2,1H3. The van der Waals surface area contributed by atoms with E-state index < -0.39 is 6.17 Å². The van der Waals surface area contributed by atoms with Crippen LogP contribution < -0.4 is 15.8 Å². The van der Waals surface area contributed by atoms with Crippen molar-refractivity contribution in [1.29, 1.82) is 0 Å². The van der Waals surface area contributed by atoms with Crippen LogP contribution in [0.25, 0.3) is 22.2 Å². The predicted octanol–water partition coefficient (Wildman–Crippen LogP) is 2.69. The van der Waals surface area contributed by atoms with E-state index in [9.17, 15) is 9.90 Å². The van der Waals surface area contributed by atoms with Crippen LogP contribution in [0.2, 0.25) is 0 Å². The molecule has 4 heterocycles. The molecule has 6 rings (SSSR count). The fraction of sp³-hybridized carbons (Fsp3) is 0.500. The molecule has 8 nitrogen and oxygen atoms in total. The van der Waals surface area contributed by atoms with Crippen molar-refractivity contribution < 1.29 is 9.50 Å². The summed E-state index contributed by atoms with van der Waals surface area (Å²) in [6.07, 6.45) is 6.46. The number of aromatic nitrogens is 4. The number of halogens is 1. The zero-order valence-corrected chi connectivity index (χ0v) is 18.5. The third kappa shape index (κ3) is 3.55. The van der Waals surface area contributed by atoms with Crippen LogP contribution in [0.1, 0.15) is 38.5 Å². The van der Waals surface area contributed by atoms with Crippen molar-refractivity contribution in [3.63, 3.8) is 0 Å². The minimum Gasteiger partial charge on any atom is -0.507 e. The van der Waals surface area contributed by atoms with Gasteiger partial charge in [-0.2, -0.15) is 0 Å². The van der Waals surface area contributed by atoms with Gasteiger partial charge in [0.2, 0.25) is 0 Å². The lowest BCUT2D eigenvalue weighted by Crippen LogP contribution is -2.62. The summed E-state index contributed by atoms with van der Waals surface area (Å²) in [6, 6.07) is 7.15. The van der Waals surface area contributed by atoms with E-state index in [1.54, 1.807) is 19.2 Å². The maximum atomic E-state index is 15.4. The molecule has 1 aliphatic carbocycles. The van der Waals surface area contributed by atoms with Crippen LogP contribution in [0.3, 0.4) is 0 Å². The summed E-state index contributed by atoms with van der Waals surface area (Å²) in [5, 5.41) is 23.2. The molecule has 4 atom stereocenters. The summed E-state index contributed by atoms with van der Waals surface area (Å²) in [4.78, 5) is 18.8. The molecule has 2 aliphatic heterocycles. The van der Waals surface area contributed by atoms with Crippen molar-refractivity contribution in [3.05, 3.63) is 40.9 Å². The Morgan fingerprint density at radius 2 is 2.03 bits per heavy atom. The number of hydrogen-bond donors (Lipinski definition) is 2. The van der Waals surface area contributed by atoms with Gasteiger partial charge in [0, 0.05) is 30.7 Å². The lowest BCUT2D eigenvalue weighted by molar-refractivity contribution is 0.104. The average molecular weight is 451 g/mol. The number of phenols is 1. The summed E-state index contributed by atoms with van der Waals surface area (Å²) in [7, 11) is 1.62. The van der Waals surface area contributed by atoms with Gasteiger partial charge >= 0.3 is 0 Å². The fourth-order valence-electron chi connectivity index (χ4n) is 5.49. The number of alkyl halides is 1. The van der Waals surface area contributed by atoms with Crippen molar-refractivity contribution in [2.75, 3.05) is 4.90 Å². The van der Waals surface area contributed by atoms with Crippen LogP contribution in [-0.4, -0.2) is 55.2 Å². The van der Waals surface area contributed by atoms with Crippen molar-refractivity contribution in [2.45, 2.75) is 68.9 Å². The number of nitrogens with one attached hydrogen (secondary N) is 1. The van der Waals surface area contributed by atoms with Crippen molar-refractivity contribution in [1.82, 2.24) is 25.1 Å². The molecule has 3 aromatic rings. The van der Waals surface area contributed by atoms with Crippen molar-refractivity contribution >= 4 is 16.7 Å². The molecule has 9 heteroatoms. The van der Waals surface area contributed by atoms with Gasteiger partial charge in [0.25, 0.3) is 5.56 Å². The molecule has 1 aromatic carbocycles. The summed E-state index contributed by atoms with van der Waals surface area (Å²) >= 11 is 0. The van der Waals surface area contributed by atoms with E-state index in [0.717, 1.165) is 38.5 Å². The summed E-state index contributed by atoms with van der Waals surface area (Å²) < 4.78 is 16.8. The molecule has 1 saturated carbocycles. The SMILES string of the molecule is Cn1cnc2cc(-c3ccc(N(C4CC4)C4CC5CCCC(N5)C4F)nn3)c(O)cc2c1=O. The maximum Gasteiger partial charge on any atom is 0.261 e. The number of anilines is 1. The van der Waals surface area contributed by atoms with Gasteiger partial charge < -0.3 is 19.9 Å². The van der Waals surface area contributed by atoms with Gasteiger partial charge in [-0.25, -0.2) is 9.37 Å². The normalized spacial score (nSPS) is 27.0. The molecule has 2 aromatic heterocycles. The Morgan fingerprint density at radius 1 is 1.18 bits per heavy atom. The molecule has 2 saturated heterocycles. The molecule has 33 heavy (non-hydrogen) atoms. The molecule has 172 valence electrons. The number of rotatable bonds is 4. The highest BCUT2D eigenvalue weighted by atomic mass is 19.1. The van der Waals surface area contributed by atoms with Crippen LogP contribution in [0.4, 0.5) is 10.2 Å². The zero-order chi connectivity index (χ0) is 22.7. The summed E-state index contributed by atoms with van der Waals surface area (Å²) in [6.45, 7) is 0. The first-order valence-corrected chi connectivity index (χ1v) is 11.7. The Kier molecular flexibility index (Phi) is 4.83. The first-order valence-electron chi connectivity index (χ1n) is 11.7. The second-order valence-corrected chi connectivity index (χ2v) is 9.61. The predicted molar refractivity (Wildman–Crippen MR) is 123 cm³/mol. The van der Waals surface area contributed by atoms with Crippen LogP contribution in [0, 0.1) is 0 Å². The third-order valence-electron chi connectivity index (χ3n) is 7.32. The number of benzene rings is 1. The molecule has 4 unspecified atom stereocenters. The highest BCUT2D eigenvalue weighted by Crippen LogP contribution is 2.40. The lowest BCUT2D eigenvalue weighted by Gasteiger charge is -2.47. The smallest absolute Gasteiger partial charge is 0.261 e. The number of aryl methyl sites for hydroxylation is 1. The molecule has 0 amide bonds. The minimum atomic E-state index is -0.929. The lowest BCUT2D eigenvalue weighted by atomic mass is 9.82. The van der Waals surface area contributed by atoms with Gasteiger partial charge in [-0.1, -0.05) is 6.42 Å². The minimum absolute atomic E-state index is 0.0521. The van der Waals surface area contributed by atoms with Gasteiger partial charge in [-0.3, -0.25) is 4.79 Å². The molecule has 2 bridgehead atoms. The molecular formula is C24H27FN6O2. The van der Waals surface area contributed by atoms with E-state index >= 15 is 4.39 Å². The highest BCUT2D eigenvalue weighted by molar-refractivity contribution is 5.86. The van der Waals surface area contributed by atoms with Crippen LogP contribution in [0.15, 0.2) is 35.4 Å². The van der Waals surface area contributed by atoms with Crippen molar-refractivity contribution in [2.24, 2.45) is 7.05 Å². The molecule has 3 fully saturated rings. The summed E-state index contributed by atoms with van der Waals surface area (Å²) in [5.41, 5.74) is 1.20. The van der Waals surface area contributed by atoms with Crippen LogP contribution in [0.5, 0.6) is 5.75 Å². The third-order valence-corrected chi connectivity index (χ3v) is 7.32. The fourth-order valence-corrected chi connectivity index (χ4v) is 5.49. The number of nitrogens with zero attached hydrogens (tertiary/aromatic N) is 5. The number of piperidine rings is 2. The van der Waals surface area contributed by atoms with Gasteiger partial charge in [0.05, 0.1) is 29.0 Å². The molecule has 0 spiro atoms. The van der Waals surface area contributed by atoms with Crippen molar-refractivity contribution in [3.8, 4) is 17.0 Å². The van der Waals surface area contributed by atoms with E-state index in [1.165, 1.54) is 17.0 Å². The summed E-state index contributed by atoms with van der Waals surface area (Å²) in [5.74, 6) is 0.629. The Hall–Kier alpha value is -3.07. The topological polar surface area (TPSA) is 96.2 Å². The number of aromatic hydroxyl groups is 1. The Labute approximate surface area is 190 Å². The van der Waals surface area contributed by atoms with E-state index in [1.807, 2.05) is 6.07 Å². The van der Waals surface area contributed by atoms with E-state index in [0.29, 0.717) is 40.1 Å². The Bertz CT molecular complexity index is 1260.